The Kier molecular flexibility index (Phi) is 8.32. The van der Waals surface area contributed by atoms with E-state index in [2.05, 4.69) is 34.6 Å². The van der Waals surface area contributed by atoms with Crippen LogP contribution in [0.15, 0.2) is 11.6 Å². The number of carbonyl (C=O) groups is 2. The molecule has 206 valence electrons. The molecule has 0 aromatic heterocycles. The maximum Gasteiger partial charge on any atom is 0.306 e. The minimum absolute atomic E-state index is 0.0116. The average Bonchev–Trinajstić information content (AvgIpc) is 2.83. The standard InChI is InChI=1S/C28H42O4.2C2H6/c1-25(2)21-8-12-27(4)18-7-11-26(3)10-6-16(24(31)32)14-19(26)17(18)15-20(29)23(27)28(21,5)13-9-22(25)30;2*1-2/h15-16,18-19,21-23,30H,6-14H2,1-5H3,(H,31,32);2*1-2H3. The highest BCUT2D eigenvalue weighted by Gasteiger charge is 2.66. The van der Waals surface area contributed by atoms with Crippen LogP contribution in [0.1, 0.15) is 120 Å². The molecule has 4 nitrogen and oxygen atoms in total. The number of aliphatic hydroxyl groups excluding tert-OH is 1. The molecule has 0 saturated heterocycles. The molecule has 0 bridgehead atoms. The fourth-order valence-corrected chi connectivity index (χ4v) is 9.97. The smallest absolute Gasteiger partial charge is 0.306 e. The number of aliphatic hydroxyl groups is 1. The van der Waals surface area contributed by atoms with Crippen molar-refractivity contribution in [1.82, 2.24) is 0 Å². The summed E-state index contributed by atoms with van der Waals surface area (Å²) in [6, 6.07) is 0. The average molecular weight is 503 g/mol. The fraction of sp³-hybridized carbons (Fsp3) is 0.875. The van der Waals surface area contributed by atoms with Crippen LogP contribution in [0.3, 0.4) is 0 Å². The Morgan fingerprint density at radius 3 is 2.03 bits per heavy atom. The summed E-state index contributed by atoms with van der Waals surface area (Å²) in [7, 11) is 0. The molecular formula is C32H54O4. The number of ketones is 1. The minimum atomic E-state index is -0.669. The van der Waals surface area contributed by atoms with Crippen molar-refractivity contribution in [2.75, 3.05) is 0 Å². The van der Waals surface area contributed by atoms with E-state index in [0.29, 0.717) is 24.0 Å². The summed E-state index contributed by atoms with van der Waals surface area (Å²) in [4.78, 5) is 25.8. The van der Waals surface area contributed by atoms with E-state index in [1.54, 1.807) is 0 Å². The van der Waals surface area contributed by atoms with E-state index in [9.17, 15) is 19.8 Å². The summed E-state index contributed by atoms with van der Waals surface area (Å²) in [5.74, 6) is 0.337. The van der Waals surface area contributed by atoms with Gasteiger partial charge in [0.15, 0.2) is 5.78 Å². The van der Waals surface area contributed by atoms with Crippen molar-refractivity contribution in [3.05, 3.63) is 11.6 Å². The van der Waals surface area contributed by atoms with Gasteiger partial charge in [-0.2, -0.15) is 0 Å². The highest BCUT2D eigenvalue weighted by atomic mass is 16.4. The Balaban J connectivity index is 0.000000861. The largest absolute Gasteiger partial charge is 0.481 e. The van der Waals surface area contributed by atoms with Gasteiger partial charge in [0.25, 0.3) is 0 Å². The minimum Gasteiger partial charge on any atom is -0.481 e. The third-order valence-electron chi connectivity index (χ3n) is 11.8. The second-order valence-electron chi connectivity index (χ2n) is 13.6. The zero-order chi connectivity index (χ0) is 27.3. The molecule has 0 heterocycles. The Morgan fingerprint density at radius 2 is 1.42 bits per heavy atom. The van der Waals surface area contributed by atoms with Crippen molar-refractivity contribution in [2.24, 2.45) is 51.2 Å². The summed E-state index contributed by atoms with van der Waals surface area (Å²) in [6.07, 6.45) is 10.2. The molecule has 4 heteroatoms. The molecule has 5 aliphatic rings. The van der Waals surface area contributed by atoms with Gasteiger partial charge in [-0.25, -0.2) is 0 Å². The topological polar surface area (TPSA) is 74.6 Å². The van der Waals surface area contributed by atoms with Crippen molar-refractivity contribution >= 4 is 11.8 Å². The molecule has 0 amide bonds. The first-order chi connectivity index (χ1) is 16.8. The number of aliphatic carboxylic acids is 1. The molecule has 9 unspecified atom stereocenters. The first-order valence-electron chi connectivity index (χ1n) is 15.0. The van der Waals surface area contributed by atoms with Gasteiger partial charge < -0.3 is 10.2 Å². The van der Waals surface area contributed by atoms with Crippen LogP contribution in [0.5, 0.6) is 0 Å². The van der Waals surface area contributed by atoms with E-state index < -0.39 is 5.97 Å². The summed E-state index contributed by atoms with van der Waals surface area (Å²) in [5.41, 5.74) is 1.14. The third-order valence-corrected chi connectivity index (χ3v) is 11.8. The predicted octanol–water partition coefficient (Wildman–Crippen LogP) is 7.68. The second-order valence-corrected chi connectivity index (χ2v) is 13.6. The van der Waals surface area contributed by atoms with E-state index in [1.165, 1.54) is 5.57 Å². The number of carboxylic acids is 1. The molecule has 5 aliphatic carbocycles. The highest BCUT2D eigenvalue weighted by Crippen LogP contribution is 2.70. The van der Waals surface area contributed by atoms with Gasteiger partial charge in [0.05, 0.1) is 12.0 Å². The molecular weight excluding hydrogens is 448 g/mol. The summed E-state index contributed by atoms with van der Waals surface area (Å²) >= 11 is 0. The lowest BCUT2D eigenvalue weighted by atomic mass is 9.37. The van der Waals surface area contributed by atoms with E-state index in [1.807, 2.05) is 33.8 Å². The summed E-state index contributed by atoms with van der Waals surface area (Å²) in [5, 5.41) is 20.5. The number of rotatable bonds is 1. The van der Waals surface area contributed by atoms with Crippen LogP contribution >= 0.6 is 0 Å². The molecule has 0 aliphatic heterocycles. The second kappa shape index (κ2) is 10.2. The SMILES string of the molecule is CC.CC.CC12CCC(C(=O)O)CC1C1=CC(=O)C3C(C)(CCC4C(C)(C)C(O)CCC43C)C1CC2. The maximum absolute atomic E-state index is 14.0. The van der Waals surface area contributed by atoms with Crippen LogP contribution in [0, 0.1) is 51.2 Å². The van der Waals surface area contributed by atoms with Crippen molar-refractivity contribution < 1.29 is 19.8 Å². The Hall–Kier alpha value is -1.16. The molecule has 36 heavy (non-hydrogen) atoms. The van der Waals surface area contributed by atoms with Gasteiger partial charge in [0.2, 0.25) is 0 Å². The lowest BCUT2D eigenvalue weighted by Crippen LogP contribution is -2.63. The lowest BCUT2D eigenvalue weighted by molar-refractivity contribution is -0.188. The number of carbonyl (C=O) groups excluding carboxylic acids is 1. The number of carboxylic acid groups (broad SMARTS) is 1. The van der Waals surface area contributed by atoms with Crippen LogP contribution in [-0.4, -0.2) is 28.1 Å². The molecule has 0 spiro atoms. The Labute approximate surface area is 220 Å². The third kappa shape index (κ3) is 4.22. The van der Waals surface area contributed by atoms with Crippen LogP contribution in [0.4, 0.5) is 0 Å². The van der Waals surface area contributed by atoms with Crippen LogP contribution in [-0.2, 0) is 9.59 Å². The van der Waals surface area contributed by atoms with Crippen LogP contribution < -0.4 is 0 Å². The fourth-order valence-electron chi connectivity index (χ4n) is 9.97. The first kappa shape index (κ1) is 29.4. The Morgan fingerprint density at radius 1 is 0.833 bits per heavy atom. The molecule has 2 N–H and O–H groups in total. The number of fused-ring (bicyclic) bond motifs is 7. The quantitative estimate of drug-likeness (QED) is 0.385. The Bertz CT molecular complexity index is 873. The lowest BCUT2D eigenvalue weighted by Gasteiger charge is -2.67. The molecule has 5 rings (SSSR count). The molecule has 0 aromatic carbocycles. The van der Waals surface area contributed by atoms with Gasteiger partial charge >= 0.3 is 5.97 Å². The first-order valence-corrected chi connectivity index (χ1v) is 15.0. The normalized spacial score (nSPS) is 46.6. The maximum atomic E-state index is 14.0. The van der Waals surface area contributed by atoms with Crippen molar-refractivity contribution in [3.63, 3.8) is 0 Å². The van der Waals surface area contributed by atoms with E-state index in [-0.39, 0.29) is 45.5 Å². The molecule has 0 aromatic rings. The van der Waals surface area contributed by atoms with Crippen molar-refractivity contribution in [3.8, 4) is 0 Å². The highest BCUT2D eigenvalue weighted by molar-refractivity contribution is 5.95. The van der Waals surface area contributed by atoms with Gasteiger partial charge in [0.1, 0.15) is 0 Å². The van der Waals surface area contributed by atoms with Gasteiger partial charge in [-0.05, 0) is 103 Å². The van der Waals surface area contributed by atoms with Crippen LogP contribution in [0.25, 0.3) is 0 Å². The van der Waals surface area contributed by atoms with Gasteiger partial charge in [-0.15, -0.1) is 0 Å². The summed E-state index contributed by atoms with van der Waals surface area (Å²) < 4.78 is 0. The summed E-state index contributed by atoms with van der Waals surface area (Å²) in [6.45, 7) is 19.5. The number of hydrogen-bond donors (Lipinski definition) is 2. The van der Waals surface area contributed by atoms with Gasteiger partial charge in [-0.3, -0.25) is 9.59 Å². The van der Waals surface area contributed by atoms with Crippen molar-refractivity contribution in [1.29, 1.82) is 0 Å². The van der Waals surface area contributed by atoms with Gasteiger partial charge in [-0.1, -0.05) is 67.9 Å². The molecule has 4 saturated carbocycles. The van der Waals surface area contributed by atoms with Crippen LogP contribution in [0.2, 0.25) is 0 Å². The number of hydrogen-bond acceptors (Lipinski definition) is 3. The molecule has 9 atom stereocenters. The number of allylic oxidation sites excluding steroid dienone is 2. The molecule has 0 radical (unpaired) electrons. The zero-order valence-corrected chi connectivity index (χ0v) is 24.6. The molecule has 4 fully saturated rings. The van der Waals surface area contributed by atoms with Gasteiger partial charge in [0, 0.05) is 5.92 Å². The zero-order valence-electron chi connectivity index (χ0n) is 24.6. The predicted molar refractivity (Wildman–Crippen MR) is 147 cm³/mol. The van der Waals surface area contributed by atoms with E-state index in [4.69, 9.17) is 0 Å². The monoisotopic (exact) mass is 502 g/mol. The van der Waals surface area contributed by atoms with E-state index >= 15 is 0 Å². The van der Waals surface area contributed by atoms with Crippen molar-refractivity contribution in [2.45, 2.75) is 126 Å². The van der Waals surface area contributed by atoms with E-state index in [0.717, 1.165) is 51.4 Å².